The molecule has 0 aliphatic carbocycles. The molecule has 0 bridgehead atoms. The van der Waals surface area contributed by atoms with Gasteiger partial charge >= 0.3 is 11.9 Å². The van der Waals surface area contributed by atoms with E-state index >= 15 is 0 Å². The molecular formula is C13H24N2O6. The molecule has 0 aromatic heterocycles. The van der Waals surface area contributed by atoms with Crippen molar-refractivity contribution in [3.05, 3.63) is 12.2 Å². The lowest BCUT2D eigenvalue weighted by atomic mass is 10.3. The lowest BCUT2D eigenvalue weighted by Crippen LogP contribution is -2.34. The number of carboxylic acid groups (broad SMARTS) is 2. The van der Waals surface area contributed by atoms with Crippen LogP contribution in [0.1, 0.15) is 27.2 Å². The SMILES string of the molecule is CC/C=N/OCC(O)CNC(C)C.O=C(O)/C=C/C(=O)O. The van der Waals surface area contributed by atoms with Crippen LogP contribution in [-0.2, 0) is 14.4 Å². The lowest BCUT2D eigenvalue weighted by Gasteiger charge is -2.12. The second kappa shape index (κ2) is 14.5. The van der Waals surface area contributed by atoms with Crippen LogP contribution in [0.3, 0.4) is 0 Å². The highest BCUT2D eigenvalue weighted by atomic mass is 16.6. The molecule has 0 aromatic rings. The number of aliphatic hydroxyl groups excluding tert-OH is 1. The molecule has 0 aliphatic heterocycles. The first kappa shape index (κ1) is 21.4. The van der Waals surface area contributed by atoms with Gasteiger partial charge in [0.1, 0.15) is 12.7 Å². The summed E-state index contributed by atoms with van der Waals surface area (Å²) >= 11 is 0. The molecule has 0 radical (unpaired) electrons. The van der Waals surface area contributed by atoms with E-state index in [1.807, 2.05) is 20.8 Å². The van der Waals surface area contributed by atoms with Crippen molar-refractivity contribution in [3.8, 4) is 0 Å². The van der Waals surface area contributed by atoms with Crippen molar-refractivity contribution in [1.82, 2.24) is 5.32 Å². The third-order valence-corrected chi connectivity index (χ3v) is 1.73. The molecule has 8 heteroatoms. The van der Waals surface area contributed by atoms with E-state index in [2.05, 4.69) is 10.5 Å². The van der Waals surface area contributed by atoms with Crippen molar-refractivity contribution in [2.75, 3.05) is 13.2 Å². The Kier molecular flexibility index (Phi) is 14.7. The second-order valence-corrected chi connectivity index (χ2v) is 4.22. The van der Waals surface area contributed by atoms with Crippen LogP contribution in [0.15, 0.2) is 17.3 Å². The number of nitrogens with zero attached hydrogens (tertiary/aromatic N) is 1. The number of hydrogen-bond donors (Lipinski definition) is 4. The first-order valence-corrected chi connectivity index (χ1v) is 6.48. The van der Waals surface area contributed by atoms with Gasteiger partial charge in [-0.25, -0.2) is 9.59 Å². The first-order valence-electron chi connectivity index (χ1n) is 6.48. The molecule has 0 aromatic carbocycles. The van der Waals surface area contributed by atoms with E-state index in [0.717, 1.165) is 6.42 Å². The molecule has 1 unspecified atom stereocenters. The molecule has 0 heterocycles. The van der Waals surface area contributed by atoms with E-state index in [0.29, 0.717) is 24.7 Å². The zero-order chi connectivity index (χ0) is 16.7. The smallest absolute Gasteiger partial charge is 0.328 e. The molecule has 122 valence electrons. The fraction of sp³-hybridized carbons (Fsp3) is 0.615. The van der Waals surface area contributed by atoms with Crippen molar-refractivity contribution in [2.24, 2.45) is 5.16 Å². The van der Waals surface area contributed by atoms with Crippen LogP contribution in [0.5, 0.6) is 0 Å². The molecule has 1 atom stereocenters. The van der Waals surface area contributed by atoms with Crippen LogP contribution >= 0.6 is 0 Å². The van der Waals surface area contributed by atoms with Gasteiger partial charge in [-0.15, -0.1) is 0 Å². The summed E-state index contributed by atoms with van der Waals surface area (Å²) in [7, 11) is 0. The molecule has 0 fully saturated rings. The van der Waals surface area contributed by atoms with Gasteiger partial charge in [0.15, 0.2) is 0 Å². The van der Waals surface area contributed by atoms with Crippen molar-refractivity contribution in [3.63, 3.8) is 0 Å². The lowest BCUT2D eigenvalue weighted by molar-refractivity contribution is -0.134. The van der Waals surface area contributed by atoms with Gasteiger partial charge in [-0.3, -0.25) is 0 Å². The summed E-state index contributed by atoms with van der Waals surface area (Å²) < 4.78 is 0. The maximum atomic E-state index is 9.55. The Bertz CT molecular complexity index is 326. The highest BCUT2D eigenvalue weighted by molar-refractivity contribution is 5.89. The van der Waals surface area contributed by atoms with Crippen LogP contribution in [0.4, 0.5) is 0 Å². The minimum absolute atomic E-state index is 0.246. The molecule has 0 saturated heterocycles. The van der Waals surface area contributed by atoms with Crippen LogP contribution in [0.25, 0.3) is 0 Å². The summed E-state index contributed by atoms with van der Waals surface area (Å²) in [5, 5.41) is 31.7. The average Bonchev–Trinajstić information content (AvgIpc) is 2.40. The molecule has 0 aliphatic rings. The standard InChI is InChI=1S/C9H20N2O2.C4H4O4/c1-4-5-11-13-7-9(12)6-10-8(2)3;5-3(6)1-2-4(7)8/h5,8-10,12H,4,6-7H2,1-3H3;1-2H,(H,5,6)(H,7,8)/b11-5+;2-1+. The molecular weight excluding hydrogens is 280 g/mol. The number of aliphatic carboxylic acids is 2. The van der Waals surface area contributed by atoms with E-state index in [1.54, 1.807) is 6.21 Å². The Balaban J connectivity index is 0. The molecule has 0 amide bonds. The van der Waals surface area contributed by atoms with Gasteiger partial charge in [0.25, 0.3) is 0 Å². The summed E-state index contributed by atoms with van der Waals surface area (Å²) in [6, 6.07) is 0.383. The van der Waals surface area contributed by atoms with Gasteiger partial charge in [0, 0.05) is 31.0 Å². The quantitative estimate of drug-likeness (QED) is 0.277. The van der Waals surface area contributed by atoms with Gasteiger partial charge in [-0.1, -0.05) is 25.9 Å². The van der Waals surface area contributed by atoms with E-state index in [1.165, 1.54) is 0 Å². The summed E-state index contributed by atoms with van der Waals surface area (Å²) in [4.78, 5) is 24.0. The number of aliphatic hydroxyl groups is 1. The maximum absolute atomic E-state index is 9.55. The van der Waals surface area contributed by atoms with Gasteiger partial charge in [0.2, 0.25) is 0 Å². The molecule has 4 N–H and O–H groups in total. The van der Waals surface area contributed by atoms with Crippen molar-refractivity contribution in [2.45, 2.75) is 39.3 Å². The van der Waals surface area contributed by atoms with Crippen molar-refractivity contribution >= 4 is 18.2 Å². The predicted octanol–water partition coefficient (Wildman–Crippen LogP) is 0.470. The monoisotopic (exact) mass is 304 g/mol. The molecule has 0 rings (SSSR count). The Labute approximate surface area is 124 Å². The summed E-state index contributed by atoms with van der Waals surface area (Å²) in [5.74, 6) is -2.51. The Morgan fingerprint density at radius 2 is 1.76 bits per heavy atom. The highest BCUT2D eigenvalue weighted by Crippen LogP contribution is 1.86. The summed E-state index contributed by atoms with van der Waals surface area (Å²) in [6.07, 6.45) is 3.14. The molecule has 0 saturated carbocycles. The zero-order valence-corrected chi connectivity index (χ0v) is 12.5. The zero-order valence-electron chi connectivity index (χ0n) is 12.5. The Hall–Kier alpha value is -1.93. The minimum atomic E-state index is -1.26. The van der Waals surface area contributed by atoms with Crippen LogP contribution in [0, 0.1) is 0 Å². The number of nitrogens with one attached hydrogen (secondary N) is 1. The van der Waals surface area contributed by atoms with Crippen molar-refractivity contribution < 1.29 is 29.7 Å². The summed E-state index contributed by atoms with van der Waals surface area (Å²) in [6.45, 7) is 6.82. The topological polar surface area (TPSA) is 128 Å². The van der Waals surface area contributed by atoms with Crippen LogP contribution in [-0.4, -0.2) is 58.8 Å². The fourth-order valence-electron chi connectivity index (χ4n) is 0.830. The van der Waals surface area contributed by atoms with Crippen molar-refractivity contribution in [1.29, 1.82) is 0 Å². The van der Waals surface area contributed by atoms with Gasteiger partial charge < -0.3 is 25.5 Å². The highest BCUT2D eigenvalue weighted by Gasteiger charge is 2.04. The van der Waals surface area contributed by atoms with E-state index < -0.39 is 18.0 Å². The third kappa shape index (κ3) is 23.6. The van der Waals surface area contributed by atoms with E-state index in [-0.39, 0.29) is 6.61 Å². The van der Waals surface area contributed by atoms with Gasteiger partial charge in [-0.05, 0) is 6.42 Å². The average molecular weight is 304 g/mol. The van der Waals surface area contributed by atoms with E-state index in [9.17, 15) is 14.7 Å². The normalized spacial score (nSPS) is 12.2. The number of hydrogen-bond acceptors (Lipinski definition) is 6. The Morgan fingerprint density at radius 1 is 1.24 bits per heavy atom. The molecule has 8 nitrogen and oxygen atoms in total. The molecule has 21 heavy (non-hydrogen) atoms. The van der Waals surface area contributed by atoms with Crippen LogP contribution < -0.4 is 5.32 Å². The minimum Gasteiger partial charge on any atom is -0.478 e. The first-order chi connectivity index (χ1) is 9.79. The third-order valence-electron chi connectivity index (χ3n) is 1.73. The van der Waals surface area contributed by atoms with Gasteiger partial charge in [-0.2, -0.15) is 0 Å². The fourth-order valence-corrected chi connectivity index (χ4v) is 0.830. The number of carboxylic acids is 2. The van der Waals surface area contributed by atoms with Crippen LogP contribution in [0.2, 0.25) is 0 Å². The maximum Gasteiger partial charge on any atom is 0.328 e. The predicted molar refractivity (Wildman–Crippen MR) is 78.3 cm³/mol. The summed E-state index contributed by atoms with van der Waals surface area (Å²) in [5.41, 5.74) is 0. The second-order valence-electron chi connectivity index (χ2n) is 4.22. The largest absolute Gasteiger partial charge is 0.478 e. The van der Waals surface area contributed by atoms with E-state index in [4.69, 9.17) is 15.1 Å². The molecule has 0 spiro atoms. The Morgan fingerprint density at radius 3 is 2.14 bits per heavy atom. The number of oxime groups is 1. The van der Waals surface area contributed by atoms with Gasteiger partial charge in [0.05, 0.1) is 0 Å². The number of rotatable bonds is 9. The number of carbonyl (C=O) groups is 2.